The van der Waals surface area contributed by atoms with Gasteiger partial charge in [-0.1, -0.05) is 19.3 Å². The molecule has 0 spiro atoms. The summed E-state index contributed by atoms with van der Waals surface area (Å²) < 4.78 is 10.6. The molecule has 1 amide bonds. The number of ether oxygens (including phenoxy) is 2. The first kappa shape index (κ1) is 15.7. The number of fused-ring (bicyclic) bond motifs is 1. The molecule has 2 N–H and O–H groups in total. The smallest absolute Gasteiger partial charge is 0.274 e. The summed E-state index contributed by atoms with van der Waals surface area (Å²) in [6.07, 6.45) is 8.01. The zero-order chi connectivity index (χ0) is 17.1. The first-order valence-electron chi connectivity index (χ1n) is 8.71. The van der Waals surface area contributed by atoms with E-state index in [1.165, 1.54) is 32.1 Å². The van der Waals surface area contributed by atoms with Gasteiger partial charge in [-0.25, -0.2) is 4.98 Å². The molecule has 4 rings (SSSR count). The van der Waals surface area contributed by atoms with Crippen LogP contribution in [0.5, 0.6) is 11.5 Å². The minimum Gasteiger partial charge on any atom is -0.454 e. The monoisotopic (exact) mass is 339 g/mol. The van der Waals surface area contributed by atoms with E-state index in [0.717, 1.165) is 5.69 Å². The number of aromatic nitrogens is 1. The molecule has 2 aliphatic rings. The van der Waals surface area contributed by atoms with Gasteiger partial charge >= 0.3 is 0 Å². The highest BCUT2D eigenvalue weighted by Crippen LogP contribution is 2.34. The molecular weight excluding hydrogens is 318 g/mol. The topological polar surface area (TPSA) is 72.5 Å². The van der Waals surface area contributed by atoms with Gasteiger partial charge in [-0.2, -0.15) is 0 Å². The van der Waals surface area contributed by atoms with E-state index < -0.39 is 0 Å². The van der Waals surface area contributed by atoms with Crippen molar-refractivity contribution < 1.29 is 14.3 Å². The van der Waals surface area contributed by atoms with E-state index >= 15 is 0 Å². The predicted octanol–water partition coefficient (Wildman–Crippen LogP) is 3.81. The minimum absolute atomic E-state index is 0.212. The first-order valence-corrected chi connectivity index (χ1v) is 8.71. The SMILES string of the molecule is O=C(Nc1ccc2c(c1)OCO2)c1ccc(NC2CCCCC2)cn1. The van der Waals surface area contributed by atoms with Gasteiger partial charge in [-0.15, -0.1) is 0 Å². The Morgan fingerprint density at radius 3 is 2.60 bits per heavy atom. The number of carbonyl (C=O) groups excluding carboxylic acids is 1. The summed E-state index contributed by atoms with van der Waals surface area (Å²) in [5.41, 5.74) is 2.00. The summed E-state index contributed by atoms with van der Waals surface area (Å²) in [5, 5.41) is 6.33. The summed E-state index contributed by atoms with van der Waals surface area (Å²) in [7, 11) is 0. The average Bonchev–Trinajstić information content (AvgIpc) is 3.11. The molecule has 0 unspecified atom stereocenters. The van der Waals surface area contributed by atoms with Gasteiger partial charge < -0.3 is 20.1 Å². The standard InChI is InChI=1S/C19H21N3O3/c23-19(22-14-7-9-17-18(10-14)25-12-24-17)16-8-6-15(11-20-16)21-13-4-2-1-3-5-13/h6-11,13,21H,1-5,12H2,(H,22,23). The lowest BCUT2D eigenvalue weighted by Gasteiger charge is -2.23. The van der Waals surface area contributed by atoms with Crippen molar-refractivity contribution in [2.75, 3.05) is 17.4 Å². The first-order chi connectivity index (χ1) is 12.3. The molecule has 1 aliphatic heterocycles. The fourth-order valence-corrected chi connectivity index (χ4v) is 3.27. The van der Waals surface area contributed by atoms with E-state index in [-0.39, 0.29) is 12.7 Å². The highest BCUT2D eigenvalue weighted by Gasteiger charge is 2.16. The van der Waals surface area contributed by atoms with Gasteiger partial charge in [0.05, 0.1) is 11.9 Å². The second-order valence-corrected chi connectivity index (χ2v) is 6.43. The summed E-state index contributed by atoms with van der Waals surface area (Å²) >= 11 is 0. The van der Waals surface area contributed by atoms with Crippen molar-refractivity contribution in [3.63, 3.8) is 0 Å². The van der Waals surface area contributed by atoms with Crippen molar-refractivity contribution in [2.45, 2.75) is 38.1 Å². The van der Waals surface area contributed by atoms with Crippen LogP contribution in [0.1, 0.15) is 42.6 Å². The van der Waals surface area contributed by atoms with E-state index in [4.69, 9.17) is 9.47 Å². The van der Waals surface area contributed by atoms with Gasteiger partial charge in [-0.3, -0.25) is 4.79 Å². The van der Waals surface area contributed by atoms with Crippen LogP contribution in [0.15, 0.2) is 36.5 Å². The van der Waals surface area contributed by atoms with Gasteiger partial charge in [0.2, 0.25) is 6.79 Å². The Hall–Kier alpha value is -2.76. The van der Waals surface area contributed by atoms with Crippen LogP contribution in [0.2, 0.25) is 0 Å². The third-order valence-electron chi connectivity index (χ3n) is 4.60. The number of amides is 1. The van der Waals surface area contributed by atoms with Crippen LogP contribution in [0.3, 0.4) is 0 Å². The molecule has 0 radical (unpaired) electrons. The lowest BCUT2D eigenvalue weighted by molar-refractivity contribution is 0.102. The van der Waals surface area contributed by atoms with E-state index in [1.54, 1.807) is 30.5 Å². The second-order valence-electron chi connectivity index (χ2n) is 6.43. The summed E-state index contributed by atoms with van der Waals surface area (Å²) in [6.45, 7) is 0.212. The maximum absolute atomic E-state index is 12.3. The lowest BCUT2D eigenvalue weighted by atomic mass is 9.95. The van der Waals surface area contributed by atoms with Crippen LogP contribution in [0.25, 0.3) is 0 Å². The van der Waals surface area contributed by atoms with Crippen molar-refractivity contribution in [1.82, 2.24) is 4.98 Å². The third kappa shape index (κ3) is 3.68. The molecule has 1 aromatic carbocycles. The van der Waals surface area contributed by atoms with E-state index in [9.17, 15) is 4.79 Å². The quantitative estimate of drug-likeness (QED) is 0.886. The molecule has 2 aromatic rings. The van der Waals surface area contributed by atoms with Gasteiger partial charge in [-0.05, 0) is 37.1 Å². The van der Waals surface area contributed by atoms with Crippen LogP contribution >= 0.6 is 0 Å². The number of nitrogens with one attached hydrogen (secondary N) is 2. The van der Waals surface area contributed by atoms with Crippen molar-refractivity contribution in [3.05, 3.63) is 42.2 Å². The Balaban J connectivity index is 1.38. The number of pyridine rings is 1. The Kier molecular flexibility index (Phi) is 4.41. The predicted molar refractivity (Wildman–Crippen MR) is 95.3 cm³/mol. The Morgan fingerprint density at radius 1 is 1.00 bits per heavy atom. The molecular formula is C19H21N3O3. The normalized spacial score (nSPS) is 16.5. The van der Waals surface area contributed by atoms with Gasteiger partial charge in [0.1, 0.15) is 5.69 Å². The van der Waals surface area contributed by atoms with Crippen LogP contribution in [0, 0.1) is 0 Å². The number of hydrogen-bond donors (Lipinski definition) is 2. The average molecular weight is 339 g/mol. The molecule has 0 bridgehead atoms. The molecule has 0 atom stereocenters. The second kappa shape index (κ2) is 7.01. The number of rotatable bonds is 4. The fraction of sp³-hybridized carbons (Fsp3) is 0.368. The maximum Gasteiger partial charge on any atom is 0.274 e. The fourth-order valence-electron chi connectivity index (χ4n) is 3.27. The molecule has 1 aromatic heterocycles. The number of anilines is 2. The minimum atomic E-state index is -0.247. The van der Waals surface area contributed by atoms with E-state index in [2.05, 4.69) is 15.6 Å². The zero-order valence-corrected chi connectivity index (χ0v) is 14.0. The number of benzene rings is 1. The van der Waals surface area contributed by atoms with Crippen molar-refractivity contribution in [1.29, 1.82) is 0 Å². The summed E-state index contributed by atoms with van der Waals surface area (Å²) in [6, 6.07) is 9.49. The number of carbonyl (C=O) groups is 1. The number of nitrogens with zero attached hydrogens (tertiary/aromatic N) is 1. The largest absolute Gasteiger partial charge is 0.454 e. The van der Waals surface area contributed by atoms with Crippen LogP contribution in [0.4, 0.5) is 11.4 Å². The molecule has 1 aliphatic carbocycles. The van der Waals surface area contributed by atoms with Gasteiger partial charge in [0.15, 0.2) is 11.5 Å². The lowest BCUT2D eigenvalue weighted by Crippen LogP contribution is -2.22. The number of hydrogen-bond acceptors (Lipinski definition) is 5. The summed E-state index contributed by atoms with van der Waals surface area (Å²) in [4.78, 5) is 16.6. The van der Waals surface area contributed by atoms with Crippen molar-refractivity contribution >= 4 is 17.3 Å². The Bertz CT molecular complexity index is 755. The van der Waals surface area contributed by atoms with E-state index in [0.29, 0.717) is 28.9 Å². The molecule has 0 saturated heterocycles. The summed E-state index contributed by atoms with van der Waals surface area (Å²) in [5.74, 6) is 1.08. The third-order valence-corrected chi connectivity index (χ3v) is 4.60. The Morgan fingerprint density at radius 2 is 1.80 bits per heavy atom. The molecule has 2 heterocycles. The molecule has 6 nitrogen and oxygen atoms in total. The van der Waals surface area contributed by atoms with Gasteiger partial charge in [0, 0.05) is 17.8 Å². The van der Waals surface area contributed by atoms with E-state index in [1.807, 2.05) is 6.07 Å². The zero-order valence-electron chi connectivity index (χ0n) is 14.0. The molecule has 1 saturated carbocycles. The highest BCUT2D eigenvalue weighted by molar-refractivity contribution is 6.03. The van der Waals surface area contributed by atoms with Crippen molar-refractivity contribution in [2.24, 2.45) is 0 Å². The van der Waals surface area contributed by atoms with Crippen LogP contribution < -0.4 is 20.1 Å². The Labute approximate surface area is 146 Å². The van der Waals surface area contributed by atoms with Crippen molar-refractivity contribution in [3.8, 4) is 11.5 Å². The molecule has 25 heavy (non-hydrogen) atoms. The van der Waals surface area contributed by atoms with Crippen LogP contribution in [-0.4, -0.2) is 23.7 Å². The highest BCUT2D eigenvalue weighted by atomic mass is 16.7. The molecule has 1 fully saturated rings. The molecule has 130 valence electrons. The van der Waals surface area contributed by atoms with Gasteiger partial charge in [0.25, 0.3) is 5.91 Å². The van der Waals surface area contributed by atoms with Crippen LogP contribution in [-0.2, 0) is 0 Å². The molecule has 6 heteroatoms. The maximum atomic E-state index is 12.3.